The van der Waals surface area contributed by atoms with Crippen molar-refractivity contribution in [3.8, 4) is 0 Å². The summed E-state index contributed by atoms with van der Waals surface area (Å²) in [4.78, 5) is 14.6. The Hall–Kier alpha value is -2.22. The number of para-hydroxylation sites is 1. The number of aryl methyl sites for hydroxylation is 3. The van der Waals surface area contributed by atoms with Gasteiger partial charge in [-0.05, 0) is 55.7 Å². The van der Waals surface area contributed by atoms with Gasteiger partial charge < -0.3 is 5.32 Å². The minimum Gasteiger partial charge on any atom is -0.325 e. The van der Waals surface area contributed by atoms with Gasteiger partial charge in [0.15, 0.2) is 0 Å². The number of piperazine rings is 1. The van der Waals surface area contributed by atoms with Crippen LogP contribution in [0, 0.1) is 20.8 Å². The Morgan fingerprint density at radius 2 is 1.61 bits per heavy atom. The van der Waals surface area contributed by atoms with Crippen molar-refractivity contribution < 1.29 is 13.2 Å². The number of carbonyl (C=O) groups excluding carboxylic acids is 1. The Morgan fingerprint density at radius 3 is 2.25 bits per heavy atom. The molecular formula is C21H27N3O3S. The third-order valence-corrected chi connectivity index (χ3v) is 7.13. The summed E-state index contributed by atoms with van der Waals surface area (Å²) in [6.07, 6.45) is 0. The summed E-state index contributed by atoms with van der Waals surface area (Å²) < 4.78 is 27.3. The molecule has 0 spiro atoms. The molecule has 0 aromatic heterocycles. The van der Waals surface area contributed by atoms with Crippen molar-refractivity contribution in [1.82, 2.24) is 9.21 Å². The maximum Gasteiger partial charge on any atom is 0.243 e. The standard InChI is InChI=1S/C21H27N3O3S/c1-16-8-9-19(14-18(16)3)28(26,27)24-12-10-23(11-13-24)15-21(25)22-20-7-5-4-6-17(20)2/h4-9,14H,10-13,15H2,1-3H3,(H,22,25). The smallest absolute Gasteiger partial charge is 0.243 e. The van der Waals surface area contributed by atoms with Gasteiger partial charge in [0.2, 0.25) is 15.9 Å². The molecule has 0 aliphatic carbocycles. The van der Waals surface area contributed by atoms with Crippen LogP contribution >= 0.6 is 0 Å². The van der Waals surface area contributed by atoms with Gasteiger partial charge in [-0.15, -0.1) is 0 Å². The second kappa shape index (κ2) is 8.43. The summed E-state index contributed by atoms with van der Waals surface area (Å²) in [5, 5.41) is 2.92. The Morgan fingerprint density at radius 1 is 0.929 bits per heavy atom. The first-order valence-electron chi connectivity index (χ1n) is 9.42. The molecule has 2 aromatic rings. The molecule has 0 bridgehead atoms. The van der Waals surface area contributed by atoms with E-state index in [0.717, 1.165) is 22.4 Å². The maximum absolute atomic E-state index is 12.9. The number of sulfonamides is 1. The Bertz CT molecular complexity index is 965. The summed E-state index contributed by atoms with van der Waals surface area (Å²) in [6.45, 7) is 7.92. The molecule has 1 aliphatic heterocycles. The van der Waals surface area contributed by atoms with E-state index >= 15 is 0 Å². The molecule has 28 heavy (non-hydrogen) atoms. The number of hydrogen-bond acceptors (Lipinski definition) is 4. The lowest BCUT2D eigenvalue weighted by atomic mass is 10.1. The van der Waals surface area contributed by atoms with E-state index in [1.54, 1.807) is 12.1 Å². The molecule has 0 radical (unpaired) electrons. The molecule has 1 fully saturated rings. The van der Waals surface area contributed by atoms with Crippen molar-refractivity contribution in [2.75, 3.05) is 38.0 Å². The first-order valence-corrected chi connectivity index (χ1v) is 10.9. The number of hydrogen-bond donors (Lipinski definition) is 1. The fraction of sp³-hybridized carbons (Fsp3) is 0.381. The average molecular weight is 402 g/mol. The van der Waals surface area contributed by atoms with Crippen LogP contribution in [-0.2, 0) is 14.8 Å². The van der Waals surface area contributed by atoms with E-state index in [0.29, 0.717) is 31.1 Å². The Kier molecular flexibility index (Phi) is 6.17. The quantitative estimate of drug-likeness (QED) is 0.836. The van der Waals surface area contributed by atoms with Crippen molar-refractivity contribution in [2.45, 2.75) is 25.7 Å². The largest absolute Gasteiger partial charge is 0.325 e. The SMILES string of the molecule is Cc1ccc(S(=O)(=O)N2CCN(CC(=O)Nc3ccccc3C)CC2)cc1C. The highest BCUT2D eigenvalue weighted by atomic mass is 32.2. The Labute approximate surface area is 167 Å². The van der Waals surface area contributed by atoms with E-state index in [1.165, 1.54) is 4.31 Å². The molecule has 0 unspecified atom stereocenters. The van der Waals surface area contributed by atoms with E-state index in [-0.39, 0.29) is 12.5 Å². The second-order valence-electron chi connectivity index (χ2n) is 7.29. The lowest BCUT2D eigenvalue weighted by Gasteiger charge is -2.33. The number of nitrogens with one attached hydrogen (secondary N) is 1. The van der Waals surface area contributed by atoms with Crippen LogP contribution in [0.15, 0.2) is 47.4 Å². The highest BCUT2D eigenvalue weighted by Gasteiger charge is 2.29. The highest BCUT2D eigenvalue weighted by Crippen LogP contribution is 2.20. The molecule has 1 N–H and O–H groups in total. The molecule has 6 nitrogen and oxygen atoms in total. The lowest BCUT2D eigenvalue weighted by molar-refractivity contribution is -0.117. The van der Waals surface area contributed by atoms with Crippen LogP contribution < -0.4 is 5.32 Å². The lowest BCUT2D eigenvalue weighted by Crippen LogP contribution is -2.50. The van der Waals surface area contributed by atoms with Gasteiger partial charge >= 0.3 is 0 Å². The van der Waals surface area contributed by atoms with Crippen molar-refractivity contribution in [3.05, 3.63) is 59.2 Å². The normalized spacial score (nSPS) is 16.1. The first-order chi connectivity index (χ1) is 13.3. The number of rotatable bonds is 5. The van der Waals surface area contributed by atoms with E-state index in [1.807, 2.05) is 56.0 Å². The summed E-state index contributed by atoms with van der Waals surface area (Å²) in [7, 11) is -3.50. The van der Waals surface area contributed by atoms with Crippen molar-refractivity contribution in [1.29, 1.82) is 0 Å². The van der Waals surface area contributed by atoms with Crippen LogP contribution in [0.1, 0.15) is 16.7 Å². The minimum absolute atomic E-state index is 0.0835. The minimum atomic E-state index is -3.50. The Balaban J connectivity index is 1.57. The van der Waals surface area contributed by atoms with Crippen LogP contribution in [0.25, 0.3) is 0 Å². The third kappa shape index (κ3) is 4.60. The van der Waals surface area contributed by atoms with Crippen LogP contribution in [0.5, 0.6) is 0 Å². The number of anilines is 1. The molecule has 1 saturated heterocycles. The zero-order valence-corrected chi connectivity index (χ0v) is 17.4. The molecule has 0 saturated carbocycles. The van der Waals surface area contributed by atoms with Gasteiger partial charge in [-0.2, -0.15) is 4.31 Å². The van der Waals surface area contributed by atoms with Gasteiger partial charge in [-0.25, -0.2) is 8.42 Å². The highest BCUT2D eigenvalue weighted by molar-refractivity contribution is 7.89. The van der Waals surface area contributed by atoms with Gasteiger partial charge in [0.25, 0.3) is 0 Å². The topological polar surface area (TPSA) is 69.7 Å². The number of carbonyl (C=O) groups is 1. The number of benzene rings is 2. The third-order valence-electron chi connectivity index (χ3n) is 5.23. The summed E-state index contributed by atoms with van der Waals surface area (Å²) in [5.74, 6) is -0.0835. The van der Waals surface area contributed by atoms with Crippen molar-refractivity contribution in [2.24, 2.45) is 0 Å². The molecule has 1 heterocycles. The molecule has 0 atom stereocenters. The van der Waals surface area contributed by atoms with E-state index in [9.17, 15) is 13.2 Å². The van der Waals surface area contributed by atoms with Gasteiger partial charge in [0.1, 0.15) is 0 Å². The zero-order chi connectivity index (χ0) is 20.3. The average Bonchev–Trinajstić information content (AvgIpc) is 2.66. The second-order valence-corrected chi connectivity index (χ2v) is 9.23. The van der Waals surface area contributed by atoms with E-state index < -0.39 is 10.0 Å². The van der Waals surface area contributed by atoms with Crippen LogP contribution in [0.2, 0.25) is 0 Å². The van der Waals surface area contributed by atoms with E-state index in [2.05, 4.69) is 5.32 Å². The zero-order valence-electron chi connectivity index (χ0n) is 16.6. The first kappa shape index (κ1) is 20.5. The molecule has 1 amide bonds. The predicted molar refractivity (Wildman–Crippen MR) is 111 cm³/mol. The van der Waals surface area contributed by atoms with Gasteiger partial charge in [0.05, 0.1) is 11.4 Å². The van der Waals surface area contributed by atoms with Crippen molar-refractivity contribution in [3.63, 3.8) is 0 Å². The molecule has 7 heteroatoms. The summed E-state index contributed by atoms with van der Waals surface area (Å²) in [6, 6.07) is 12.9. The van der Waals surface area contributed by atoms with Crippen LogP contribution in [0.4, 0.5) is 5.69 Å². The van der Waals surface area contributed by atoms with Gasteiger partial charge in [-0.1, -0.05) is 24.3 Å². The molecule has 2 aromatic carbocycles. The van der Waals surface area contributed by atoms with Gasteiger partial charge in [-0.3, -0.25) is 9.69 Å². The van der Waals surface area contributed by atoms with Crippen LogP contribution in [0.3, 0.4) is 0 Å². The fourth-order valence-corrected chi connectivity index (χ4v) is 4.77. The molecule has 1 aliphatic rings. The summed E-state index contributed by atoms with van der Waals surface area (Å²) in [5.41, 5.74) is 3.86. The summed E-state index contributed by atoms with van der Waals surface area (Å²) >= 11 is 0. The van der Waals surface area contributed by atoms with Crippen molar-refractivity contribution >= 4 is 21.6 Å². The molecular weight excluding hydrogens is 374 g/mol. The predicted octanol–water partition coefficient (Wildman–Crippen LogP) is 2.56. The van der Waals surface area contributed by atoms with E-state index in [4.69, 9.17) is 0 Å². The number of nitrogens with zero attached hydrogens (tertiary/aromatic N) is 2. The molecule has 150 valence electrons. The van der Waals surface area contributed by atoms with Crippen LogP contribution in [-0.4, -0.2) is 56.3 Å². The number of amides is 1. The van der Waals surface area contributed by atoms with Gasteiger partial charge in [0, 0.05) is 31.9 Å². The fourth-order valence-electron chi connectivity index (χ4n) is 3.26. The molecule has 3 rings (SSSR count). The maximum atomic E-state index is 12.9. The monoisotopic (exact) mass is 401 g/mol.